The van der Waals surface area contributed by atoms with E-state index in [1.807, 2.05) is 0 Å². The van der Waals surface area contributed by atoms with Crippen LogP contribution in [0.15, 0.2) is 48.5 Å². The molecule has 0 heterocycles. The average molecular weight is 317 g/mol. The van der Waals surface area contributed by atoms with Gasteiger partial charge in [0, 0.05) is 12.1 Å². The highest BCUT2D eigenvalue weighted by Crippen LogP contribution is 2.13. The van der Waals surface area contributed by atoms with E-state index in [4.69, 9.17) is 9.47 Å². The smallest absolute Gasteiger partial charge is 0.251 e. The molecule has 23 heavy (non-hydrogen) atoms. The van der Waals surface area contributed by atoms with E-state index in [0.717, 1.165) is 12.8 Å². The average Bonchev–Trinajstić information content (AvgIpc) is 2.59. The molecule has 122 valence electrons. The minimum absolute atomic E-state index is 0.122. The zero-order valence-corrected chi connectivity index (χ0v) is 13.0. The van der Waals surface area contributed by atoms with Crippen LogP contribution in [0, 0.1) is 5.82 Å². The summed E-state index contributed by atoms with van der Waals surface area (Å²) in [6.07, 6.45) is 1.60. The van der Waals surface area contributed by atoms with Crippen LogP contribution in [0.5, 0.6) is 11.5 Å². The fourth-order valence-electron chi connectivity index (χ4n) is 2.02. The Labute approximate surface area is 135 Å². The molecule has 0 saturated carbocycles. The molecule has 5 heteroatoms. The third kappa shape index (κ3) is 5.62. The standard InChI is InChI=1S/C18H20FNO3/c1-22-17-6-4-5-14(13-17)18(21)20-11-2-3-12-23-16-9-7-15(19)8-10-16/h4-10,13H,2-3,11-12H2,1H3,(H,20,21). The van der Waals surface area contributed by atoms with Crippen molar-refractivity contribution in [2.75, 3.05) is 20.3 Å². The summed E-state index contributed by atoms with van der Waals surface area (Å²) in [4.78, 5) is 12.0. The summed E-state index contributed by atoms with van der Waals surface area (Å²) < 4.78 is 23.3. The first kappa shape index (κ1) is 16.8. The summed E-state index contributed by atoms with van der Waals surface area (Å²) in [6, 6.07) is 12.9. The van der Waals surface area contributed by atoms with Gasteiger partial charge in [0.1, 0.15) is 17.3 Å². The third-order valence-corrected chi connectivity index (χ3v) is 3.27. The molecule has 2 aromatic rings. The Bertz CT molecular complexity index is 628. The summed E-state index contributed by atoms with van der Waals surface area (Å²) in [7, 11) is 1.57. The summed E-state index contributed by atoms with van der Waals surface area (Å²) in [6.45, 7) is 1.10. The minimum atomic E-state index is -0.280. The van der Waals surface area contributed by atoms with E-state index >= 15 is 0 Å². The number of carbonyl (C=O) groups excluding carboxylic acids is 1. The lowest BCUT2D eigenvalue weighted by Gasteiger charge is -2.08. The zero-order valence-electron chi connectivity index (χ0n) is 13.0. The van der Waals surface area contributed by atoms with E-state index in [1.165, 1.54) is 12.1 Å². The number of amides is 1. The molecular formula is C18H20FNO3. The van der Waals surface area contributed by atoms with Crippen LogP contribution in [-0.2, 0) is 0 Å². The second-order valence-electron chi connectivity index (χ2n) is 5.00. The van der Waals surface area contributed by atoms with Crippen LogP contribution in [-0.4, -0.2) is 26.2 Å². The first-order valence-corrected chi connectivity index (χ1v) is 7.49. The van der Waals surface area contributed by atoms with Crippen LogP contribution >= 0.6 is 0 Å². The molecule has 0 aliphatic rings. The topological polar surface area (TPSA) is 47.6 Å². The molecule has 0 fully saturated rings. The summed E-state index contributed by atoms with van der Waals surface area (Å²) in [5, 5.41) is 2.86. The Morgan fingerprint density at radius 2 is 1.87 bits per heavy atom. The van der Waals surface area contributed by atoms with Gasteiger partial charge in [-0.1, -0.05) is 6.07 Å². The molecule has 2 aromatic carbocycles. The number of hydrogen-bond acceptors (Lipinski definition) is 3. The van der Waals surface area contributed by atoms with Crippen molar-refractivity contribution in [2.45, 2.75) is 12.8 Å². The summed E-state index contributed by atoms with van der Waals surface area (Å²) >= 11 is 0. The Kier molecular flexibility index (Phi) is 6.41. The molecule has 0 atom stereocenters. The predicted molar refractivity (Wildman–Crippen MR) is 86.5 cm³/mol. The number of hydrogen-bond donors (Lipinski definition) is 1. The highest BCUT2D eigenvalue weighted by Gasteiger charge is 2.05. The molecule has 0 unspecified atom stereocenters. The van der Waals surface area contributed by atoms with Crippen LogP contribution in [0.4, 0.5) is 4.39 Å². The number of rotatable bonds is 8. The third-order valence-electron chi connectivity index (χ3n) is 3.27. The number of ether oxygens (including phenoxy) is 2. The van der Waals surface area contributed by atoms with Gasteiger partial charge >= 0.3 is 0 Å². The Hall–Kier alpha value is -2.56. The Balaban J connectivity index is 1.63. The number of halogens is 1. The maximum Gasteiger partial charge on any atom is 0.251 e. The number of carbonyl (C=O) groups is 1. The lowest BCUT2D eigenvalue weighted by Crippen LogP contribution is -2.24. The molecule has 0 aliphatic heterocycles. The normalized spacial score (nSPS) is 10.2. The van der Waals surface area contributed by atoms with Crippen LogP contribution in [0.2, 0.25) is 0 Å². The van der Waals surface area contributed by atoms with Crippen molar-refractivity contribution < 1.29 is 18.7 Å². The maximum atomic E-state index is 12.7. The van der Waals surface area contributed by atoms with E-state index < -0.39 is 0 Å². The van der Waals surface area contributed by atoms with E-state index in [2.05, 4.69) is 5.32 Å². The van der Waals surface area contributed by atoms with E-state index in [1.54, 1.807) is 43.5 Å². The Morgan fingerprint density at radius 3 is 2.61 bits per heavy atom. The van der Waals surface area contributed by atoms with Gasteiger partial charge in [-0.05, 0) is 55.3 Å². The second kappa shape index (κ2) is 8.78. The first-order valence-electron chi connectivity index (χ1n) is 7.49. The number of unbranched alkanes of at least 4 members (excludes halogenated alkanes) is 1. The number of benzene rings is 2. The van der Waals surface area contributed by atoms with Crippen LogP contribution in [0.25, 0.3) is 0 Å². The molecule has 0 bridgehead atoms. The largest absolute Gasteiger partial charge is 0.497 e. The molecule has 1 N–H and O–H groups in total. The SMILES string of the molecule is COc1cccc(C(=O)NCCCCOc2ccc(F)cc2)c1. The van der Waals surface area contributed by atoms with Crippen molar-refractivity contribution in [2.24, 2.45) is 0 Å². The molecule has 0 aliphatic carbocycles. The van der Waals surface area contributed by atoms with Gasteiger partial charge in [-0.2, -0.15) is 0 Å². The van der Waals surface area contributed by atoms with Gasteiger partial charge in [-0.25, -0.2) is 4.39 Å². The lowest BCUT2D eigenvalue weighted by atomic mass is 10.2. The molecular weight excluding hydrogens is 297 g/mol. The van der Waals surface area contributed by atoms with Crippen LogP contribution < -0.4 is 14.8 Å². The second-order valence-corrected chi connectivity index (χ2v) is 5.00. The van der Waals surface area contributed by atoms with E-state index in [9.17, 15) is 9.18 Å². The highest BCUT2D eigenvalue weighted by molar-refractivity contribution is 5.94. The molecule has 0 radical (unpaired) electrons. The fraction of sp³-hybridized carbons (Fsp3) is 0.278. The number of nitrogens with one attached hydrogen (secondary N) is 1. The van der Waals surface area contributed by atoms with Crippen molar-refractivity contribution in [3.8, 4) is 11.5 Å². The van der Waals surface area contributed by atoms with Crippen molar-refractivity contribution in [1.29, 1.82) is 0 Å². The predicted octanol–water partition coefficient (Wildman–Crippen LogP) is 3.42. The number of methoxy groups -OCH3 is 1. The van der Waals surface area contributed by atoms with Gasteiger partial charge in [0.25, 0.3) is 5.91 Å². The van der Waals surface area contributed by atoms with Gasteiger partial charge in [-0.15, -0.1) is 0 Å². The van der Waals surface area contributed by atoms with Gasteiger partial charge in [0.15, 0.2) is 0 Å². The molecule has 0 aromatic heterocycles. The molecule has 1 amide bonds. The van der Waals surface area contributed by atoms with E-state index in [0.29, 0.717) is 30.2 Å². The molecule has 2 rings (SSSR count). The van der Waals surface area contributed by atoms with Crippen molar-refractivity contribution in [1.82, 2.24) is 5.32 Å². The van der Waals surface area contributed by atoms with Crippen LogP contribution in [0.3, 0.4) is 0 Å². The summed E-state index contributed by atoms with van der Waals surface area (Å²) in [5.74, 6) is 0.901. The van der Waals surface area contributed by atoms with Crippen molar-refractivity contribution in [3.63, 3.8) is 0 Å². The lowest BCUT2D eigenvalue weighted by molar-refractivity contribution is 0.0952. The molecule has 4 nitrogen and oxygen atoms in total. The monoisotopic (exact) mass is 317 g/mol. The highest BCUT2D eigenvalue weighted by atomic mass is 19.1. The van der Waals surface area contributed by atoms with Gasteiger partial charge < -0.3 is 14.8 Å². The quantitative estimate of drug-likeness (QED) is 0.759. The molecule has 0 spiro atoms. The first-order chi connectivity index (χ1) is 11.2. The fourth-order valence-corrected chi connectivity index (χ4v) is 2.02. The minimum Gasteiger partial charge on any atom is -0.497 e. The molecule has 0 saturated heterocycles. The Morgan fingerprint density at radius 1 is 1.09 bits per heavy atom. The van der Waals surface area contributed by atoms with Crippen LogP contribution in [0.1, 0.15) is 23.2 Å². The van der Waals surface area contributed by atoms with E-state index in [-0.39, 0.29) is 11.7 Å². The van der Waals surface area contributed by atoms with Crippen molar-refractivity contribution >= 4 is 5.91 Å². The maximum absolute atomic E-state index is 12.7. The van der Waals surface area contributed by atoms with Gasteiger partial charge in [0.05, 0.1) is 13.7 Å². The van der Waals surface area contributed by atoms with Gasteiger partial charge in [-0.3, -0.25) is 4.79 Å². The summed E-state index contributed by atoms with van der Waals surface area (Å²) in [5.41, 5.74) is 0.576. The zero-order chi connectivity index (χ0) is 16.5. The van der Waals surface area contributed by atoms with Gasteiger partial charge in [0.2, 0.25) is 0 Å². The van der Waals surface area contributed by atoms with Crippen molar-refractivity contribution in [3.05, 3.63) is 59.9 Å².